The first-order valence-electron chi connectivity index (χ1n) is 10.4. The Kier molecular flexibility index (Phi) is 8.01. The van der Waals surface area contributed by atoms with E-state index >= 15 is 0 Å². The summed E-state index contributed by atoms with van der Waals surface area (Å²) >= 11 is 0. The Morgan fingerprint density at radius 1 is 0.941 bits per heavy atom. The number of piperazine rings is 1. The van der Waals surface area contributed by atoms with Crippen LogP contribution >= 0.6 is 12.4 Å². The van der Waals surface area contributed by atoms with E-state index in [4.69, 9.17) is 4.74 Å². The first-order valence-corrected chi connectivity index (χ1v) is 11.9. The highest BCUT2D eigenvalue weighted by atomic mass is 35.5. The number of hydrogen-bond acceptors (Lipinski definition) is 5. The smallest absolute Gasteiger partial charge is 0.262 e. The lowest BCUT2D eigenvalue weighted by molar-refractivity contribution is 0.0746. The van der Waals surface area contributed by atoms with Gasteiger partial charge in [-0.3, -0.25) is 9.52 Å². The summed E-state index contributed by atoms with van der Waals surface area (Å²) in [7, 11) is -2.43. The molecule has 1 fully saturated rings. The Bertz CT molecular complexity index is 1260. The van der Waals surface area contributed by atoms with Crippen LogP contribution in [-0.4, -0.2) is 52.5 Å². The Hall–Kier alpha value is -3.30. The van der Waals surface area contributed by atoms with Gasteiger partial charge in [0, 0.05) is 31.7 Å². The van der Waals surface area contributed by atoms with E-state index in [-0.39, 0.29) is 34.5 Å². The van der Waals surface area contributed by atoms with E-state index < -0.39 is 15.8 Å². The minimum Gasteiger partial charge on any atom is -0.495 e. The van der Waals surface area contributed by atoms with Gasteiger partial charge in [0.05, 0.1) is 23.4 Å². The van der Waals surface area contributed by atoms with Crippen molar-refractivity contribution in [1.82, 2.24) is 4.90 Å². The summed E-state index contributed by atoms with van der Waals surface area (Å²) in [6.07, 6.45) is 0. The highest BCUT2D eigenvalue weighted by molar-refractivity contribution is 7.92. The monoisotopic (exact) mass is 505 g/mol. The van der Waals surface area contributed by atoms with Gasteiger partial charge >= 0.3 is 0 Å². The number of carbonyl (C=O) groups excluding carboxylic acids is 1. The molecule has 0 atom stereocenters. The van der Waals surface area contributed by atoms with E-state index in [1.807, 2.05) is 24.3 Å². The van der Waals surface area contributed by atoms with Crippen molar-refractivity contribution in [1.29, 1.82) is 0 Å². The van der Waals surface area contributed by atoms with Crippen LogP contribution in [0.1, 0.15) is 10.4 Å². The summed E-state index contributed by atoms with van der Waals surface area (Å²) in [6, 6.07) is 19.0. The molecule has 0 saturated carbocycles. The second-order valence-corrected chi connectivity index (χ2v) is 9.25. The van der Waals surface area contributed by atoms with Crippen LogP contribution in [0.5, 0.6) is 5.75 Å². The number of sulfonamides is 1. The van der Waals surface area contributed by atoms with Crippen LogP contribution < -0.4 is 14.4 Å². The predicted molar refractivity (Wildman–Crippen MR) is 132 cm³/mol. The number of methoxy groups -OCH3 is 1. The number of para-hydroxylation sites is 3. The molecule has 0 bridgehead atoms. The van der Waals surface area contributed by atoms with Gasteiger partial charge in [-0.05, 0) is 42.5 Å². The van der Waals surface area contributed by atoms with E-state index in [1.54, 1.807) is 18.1 Å². The van der Waals surface area contributed by atoms with Crippen molar-refractivity contribution < 1.29 is 22.3 Å². The maximum absolute atomic E-state index is 13.9. The van der Waals surface area contributed by atoms with Crippen molar-refractivity contribution >= 4 is 39.7 Å². The molecule has 0 radical (unpaired) electrons. The van der Waals surface area contributed by atoms with Crippen LogP contribution in [0.15, 0.2) is 77.7 Å². The van der Waals surface area contributed by atoms with Gasteiger partial charge in [0.25, 0.3) is 15.9 Å². The molecule has 1 amide bonds. The minimum atomic E-state index is -4.06. The zero-order valence-corrected chi connectivity index (χ0v) is 20.1. The van der Waals surface area contributed by atoms with Gasteiger partial charge in [-0.2, -0.15) is 0 Å². The summed E-state index contributed by atoms with van der Waals surface area (Å²) < 4.78 is 47.0. The molecular weight excluding hydrogens is 481 g/mol. The van der Waals surface area contributed by atoms with E-state index in [0.29, 0.717) is 26.2 Å². The summed E-state index contributed by atoms with van der Waals surface area (Å²) in [4.78, 5) is 16.8. The number of carbonyl (C=O) groups is 1. The van der Waals surface area contributed by atoms with Crippen molar-refractivity contribution in [3.8, 4) is 5.75 Å². The third-order valence-corrected chi connectivity index (χ3v) is 6.87. The quantitative estimate of drug-likeness (QED) is 0.547. The van der Waals surface area contributed by atoms with E-state index in [2.05, 4.69) is 9.62 Å². The largest absolute Gasteiger partial charge is 0.495 e. The molecule has 1 aliphatic heterocycles. The number of ether oxygens (including phenoxy) is 1. The Labute approximate surface area is 204 Å². The molecule has 10 heteroatoms. The lowest BCUT2D eigenvalue weighted by Crippen LogP contribution is -2.48. The molecule has 3 aromatic carbocycles. The fourth-order valence-corrected chi connectivity index (χ4v) is 4.88. The first-order chi connectivity index (χ1) is 15.9. The molecule has 3 aromatic rings. The lowest BCUT2D eigenvalue weighted by Gasteiger charge is -2.36. The third kappa shape index (κ3) is 5.43. The van der Waals surface area contributed by atoms with Gasteiger partial charge in [0.2, 0.25) is 0 Å². The number of hydrogen-bond donors (Lipinski definition) is 1. The standard InChI is InChI=1S/C24H24FN3O4S.ClH/c1-32-23-12-5-4-11-22(23)27-13-15-28(16-14-27)24(29)18-7-6-8-19(17-18)33(30,31)26-21-10-3-2-9-20(21)25;/h2-12,17,26H,13-16H2,1H3;1H. The van der Waals surface area contributed by atoms with Crippen LogP contribution in [0, 0.1) is 5.82 Å². The molecule has 1 N–H and O–H groups in total. The highest BCUT2D eigenvalue weighted by Crippen LogP contribution is 2.28. The molecule has 7 nitrogen and oxygen atoms in total. The number of nitrogens with one attached hydrogen (secondary N) is 1. The minimum absolute atomic E-state index is 0. The Balaban J connectivity index is 0.00000324. The number of amides is 1. The van der Waals surface area contributed by atoms with Gasteiger partial charge in [-0.15, -0.1) is 12.4 Å². The van der Waals surface area contributed by atoms with Gasteiger partial charge in [0.15, 0.2) is 0 Å². The molecule has 0 aromatic heterocycles. The molecule has 0 unspecified atom stereocenters. The van der Waals surface area contributed by atoms with Crippen LogP contribution in [-0.2, 0) is 10.0 Å². The van der Waals surface area contributed by atoms with E-state index in [1.165, 1.54) is 42.5 Å². The van der Waals surface area contributed by atoms with E-state index in [9.17, 15) is 17.6 Å². The average molecular weight is 506 g/mol. The molecule has 0 spiro atoms. The number of anilines is 2. The zero-order chi connectivity index (χ0) is 23.4. The number of rotatable bonds is 6. The maximum Gasteiger partial charge on any atom is 0.262 e. The molecule has 1 heterocycles. The zero-order valence-electron chi connectivity index (χ0n) is 18.5. The molecular formula is C24H25ClFN3O4S. The average Bonchev–Trinajstić information content (AvgIpc) is 2.85. The number of benzene rings is 3. The molecule has 1 aliphatic rings. The van der Waals surface area contributed by atoms with Gasteiger partial charge < -0.3 is 14.5 Å². The van der Waals surface area contributed by atoms with E-state index in [0.717, 1.165) is 11.4 Å². The molecule has 1 saturated heterocycles. The van der Waals surface area contributed by atoms with Crippen molar-refractivity contribution in [3.63, 3.8) is 0 Å². The second-order valence-electron chi connectivity index (χ2n) is 7.56. The van der Waals surface area contributed by atoms with Crippen LogP contribution in [0.4, 0.5) is 15.8 Å². The summed E-state index contributed by atoms with van der Waals surface area (Å²) in [5, 5.41) is 0. The molecule has 0 aliphatic carbocycles. The Morgan fingerprint density at radius 3 is 2.32 bits per heavy atom. The fraction of sp³-hybridized carbons (Fsp3) is 0.208. The topological polar surface area (TPSA) is 79.0 Å². The summed E-state index contributed by atoms with van der Waals surface area (Å²) in [6.45, 7) is 2.22. The van der Waals surface area contributed by atoms with Crippen molar-refractivity contribution in [2.75, 3.05) is 42.9 Å². The number of nitrogens with zero attached hydrogens (tertiary/aromatic N) is 2. The fourth-order valence-electron chi connectivity index (χ4n) is 3.77. The predicted octanol–water partition coefficient (Wildman–Crippen LogP) is 4.02. The van der Waals surface area contributed by atoms with Gasteiger partial charge in [-0.1, -0.05) is 30.3 Å². The van der Waals surface area contributed by atoms with Crippen molar-refractivity contribution in [3.05, 3.63) is 84.2 Å². The molecule has 180 valence electrons. The SMILES string of the molecule is COc1ccccc1N1CCN(C(=O)c2cccc(S(=O)(=O)Nc3ccccc3F)c2)CC1.Cl. The first kappa shape index (κ1) is 25.3. The molecule has 34 heavy (non-hydrogen) atoms. The van der Waals surface area contributed by atoms with Crippen LogP contribution in [0.25, 0.3) is 0 Å². The normalized spacial score (nSPS) is 13.7. The third-order valence-electron chi connectivity index (χ3n) is 5.50. The lowest BCUT2D eigenvalue weighted by atomic mass is 10.1. The summed E-state index contributed by atoms with van der Waals surface area (Å²) in [5.41, 5.74) is 1.08. The highest BCUT2D eigenvalue weighted by Gasteiger charge is 2.25. The summed E-state index contributed by atoms with van der Waals surface area (Å²) in [5.74, 6) is -0.156. The Morgan fingerprint density at radius 2 is 1.62 bits per heavy atom. The van der Waals surface area contributed by atoms with Crippen molar-refractivity contribution in [2.45, 2.75) is 4.90 Å². The van der Waals surface area contributed by atoms with Gasteiger partial charge in [0.1, 0.15) is 11.6 Å². The van der Waals surface area contributed by atoms with Crippen LogP contribution in [0.3, 0.4) is 0 Å². The maximum atomic E-state index is 13.9. The van der Waals surface area contributed by atoms with Crippen molar-refractivity contribution in [2.24, 2.45) is 0 Å². The molecule has 4 rings (SSSR count). The van der Waals surface area contributed by atoms with Crippen LogP contribution in [0.2, 0.25) is 0 Å². The van der Waals surface area contributed by atoms with Gasteiger partial charge in [-0.25, -0.2) is 12.8 Å². The second kappa shape index (κ2) is 10.8. The number of halogens is 2.